The lowest BCUT2D eigenvalue weighted by Crippen LogP contribution is -2.37. The minimum absolute atomic E-state index is 0.0344. The number of halogens is 1. The molecule has 3 rings (SSSR count). The van der Waals surface area contributed by atoms with Crippen molar-refractivity contribution < 1.29 is 4.79 Å². The zero-order valence-corrected chi connectivity index (χ0v) is 12.7. The van der Waals surface area contributed by atoms with Crippen LogP contribution in [0.2, 0.25) is 0 Å². The number of anilines is 2. The third-order valence-corrected chi connectivity index (χ3v) is 4.84. The van der Waals surface area contributed by atoms with Crippen LogP contribution in [0.15, 0.2) is 28.7 Å². The number of fused-ring (bicyclic) bond motifs is 1. The van der Waals surface area contributed by atoms with Crippen molar-refractivity contribution in [3.8, 4) is 0 Å². The summed E-state index contributed by atoms with van der Waals surface area (Å²) < 4.78 is 0.935. The number of benzene rings is 1. The molecule has 6 heteroatoms. The number of aromatic nitrogens is 1. The number of nitrogens with zero attached hydrogens (tertiary/aromatic N) is 2. The molecule has 1 aliphatic heterocycles. The standard InChI is InChI=1S/C13H12BrN3OS/c1-15-13-16-9-6-7-17(12(18)11(9)19-13)10-5-3-2-4-8(10)14/h2-5H,6-7H2,1H3,(H,15,16). The first-order valence-electron chi connectivity index (χ1n) is 5.94. The summed E-state index contributed by atoms with van der Waals surface area (Å²) in [4.78, 5) is 19.5. The average Bonchev–Trinajstić information content (AvgIpc) is 2.85. The molecule has 98 valence electrons. The Morgan fingerprint density at radius 3 is 2.95 bits per heavy atom. The van der Waals surface area contributed by atoms with Crippen LogP contribution in [0.5, 0.6) is 0 Å². The van der Waals surface area contributed by atoms with Gasteiger partial charge in [0.15, 0.2) is 5.13 Å². The second-order valence-corrected chi connectivity index (χ2v) is 6.06. The van der Waals surface area contributed by atoms with Crippen molar-refractivity contribution in [2.24, 2.45) is 0 Å². The highest BCUT2D eigenvalue weighted by molar-refractivity contribution is 9.10. The van der Waals surface area contributed by atoms with Gasteiger partial charge in [-0.15, -0.1) is 0 Å². The molecule has 0 fully saturated rings. The fourth-order valence-corrected chi connectivity index (χ4v) is 3.55. The molecule has 0 aliphatic carbocycles. The Kier molecular flexibility index (Phi) is 3.28. The number of hydrogen-bond acceptors (Lipinski definition) is 4. The number of rotatable bonds is 2. The maximum Gasteiger partial charge on any atom is 0.270 e. The minimum atomic E-state index is 0.0344. The van der Waals surface area contributed by atoms with Crippen molar-refractivity contribution in [3.63, 3.8) is 0 Å². The first-order chi connectivity index (χ1) is 9.20. The van der Waals surface area contributed by atoms with Crippen molar-refractivity contribution in [1.29, 1.82) is 0 Å². The Morgan fingerprint density at radius 2 is 2.21 bits per heavy atom. The third-order valence-electron chi connectivity index (χ3n) is 3.07. The number of nitrogens with one attached hydrogen (secondary N) is 1. The van der Waals surface area contributed by atoms with Crippen LogP contribution >= 0.6 is 27.3 Å². The maximum absolute atomic E-state index is 12.5. The zero-order chi connectivity index (χ0) is 13.4. The van der Waals surface area contributed by atoms with E-state index in [0.717, 1.165) is 32.3 Å². The lowest BCUT2D eigenvalue weighted by molar-refractivity contribution is 0.0984. The summed E-state index contributed by atoms with van der Waals surface area (Å²) in [6.45, 7) is 0.668. The monoisotopic (exact) mass is 337 g/mol. The summed E-state index contributed by atoms with van der Waals surface area (Å²) in [5.74, 6) is 0.0344. The molecule has 2 heterocycles. The van der Waals surface area contributed by atoms with Gasteiger partial charge in [0.05, 0.1) is 11.4 Å². The van der Waals surface area contributed by atoms with Crippen LogP contribution in [0.1, 0.15) is 15.4 Å². The predicted molar refractivity (Wildman–Crippen MR) is 81.2 cm³/mol. The van der Waals surface area contributed by atoms with Crippen molar-refractivity contribution in [1.82, 2.24) is 4.98 Å². The highest BCUT2D eigenvalue weighted by Gasteiger charge is 2.29. The van der Waals surface area contributed by atoms with Gasteiger partial charge in [-0.2, -0.15) is 0 Å². The highest BCUT2D eigenvalue weighted by Crippen LogP contribution is 2.33. The van der Waals surface area contributed by atoms with Gasteiger partial charge in [0.25, 0.3) is 5.91 Å². The Hall–Kier alpha value is -1.40. The van der Waals surface area contributed by atoms with E-state index < -0.39 is 0 Å². The number of para-hydroxylation sites is 1. The molecule has 0 bridgehead atoms. The molecular formula is C13H12BrN3OS. The van der Waals surface area contributed by atoms with Crippen molar-refractivity contribution >= 4 is 44.0 Å². The number of carbonyl (C=O) groups excluding carboxylic acids is 1. The number of amides is 1. The number of thiazole rings is 1. The number of hydrogen-bond donors (Lipinski definition) is 1. The van der Waals surface area contributed by atoms with Crippen LogP contribution < -0.4 is 10.2 Å². The molecule has 0 radical (unpaired) electrons. The molecule has 0 spiro atoms. The quantitative estimate of drug-likeness (QED) is 0.915. The smallest absolute Gasteiger partial charge is 0.270 e. The molecule has 2 aromatic rings. The second-order valence-electron chi connectivity index (χ2n) is 4.20. The van der Waals surface area contributed by atoms with E-state index in [9.17, 15) is 4.79 Å². The predicted octanol–water partition coefficient (Wildman–Crippen LogP) is 3.15. The van der Waals surface area contributed by atoms with E-state index in [1.165, 1.54) is 11.3 Å². The van der Waals surface area contributed by atoms with E-state index in [4.69, 9.17) is 0 Å². The summed E-state index contributed by atoms with van der Waals surface area (Å²) in [5, 5.41) is 3.80. The first kappa shape index (κ1) is 12.6. The van der Waals surface area contributed by atoms with E-state index in [0.29, 0.717) is 6.54 Å². The van der Waals surface area contributed by atoms with Crippen molar-refractivity contribution in [2.75, 3.05) is 23.8 Å². The summed E-state index contributed by atoms with van der Waals surface area (Å²) in [7, 11) is 1.82. The van der Waals surface area contributed by atoms with Gasteiger partial charge in [0.2, 0.25) is 0 Å². The topological polar surface area (TPSA) is 45.2 Å². The summed E-state index contributed by atoms with van der Waals surface area (Å²) >= 11 is 4.92. The molecule has 1 amide bonds. The van der Waals surface area contributed by atoms with Crippen LogP contribution in [0.3, 0.4) is 0 Å². The molecule has 1 N–H and O–H groups in total. The molecule has 1 aromatic heterocycles. The van der Waals surface area contributed by atoms with Gasteiger partial charge in [0.1, 0.15) is 4.88 Å². The van der Waals surface area contributed by atoms with Gasteiger partial charge in [0, 0.05) is 24.5 Å². The lowest BCUT2D eigenvalue weighted by Gasteiger charge is -2.26. The summed E-state index contributed by atoms with van der Waals surface area (Å²) in [6, 6.07) is 7.78. The Balaban J connectivity index is 2.00. The molecule has 0 unspecified atom stereocenters. The summed E-state index contributed by atoms with van der Waals surface area (Å²) in [5.41, 5.74) is 1.82. The van der Waals surface area contributed by atoms with E-state index in [1.54, 1.807) is 0 Å². The van der Waals surface area contributed by atoms with E-state index in [-0.39, 0.29) is 5.91 Å². The van der Waals surface area contributed by atoms with Crippen LogP contribution in [0.25, 0.3) is 0 Å². The first-order valence-corrected chi connectivity index (χ1v) is 7.55. The van der Waals surface area contributed by atoms with E-state index >= 15 is 0 Å². The second kappa shape index (κ2) is 4.94. The molecule has 0 saturated heterocycles. The van der Waals surface area contributed by atoms with Crippen LogP contribution in [0.4, 0.5) is 10.8 Å². The fraction of sp³-hybridized carbons (Fsp3) is 0.231. The van der Waals surface area contributed by atoms with Crippen molar-refractivity contribution in [2.45, 2.75) is 6.42 Å². The summed E-state index contributed by atoms with van der Waals surface area (Å²) in [6.07, 6.45) is 0.792. The normalized spacial score (nSPS) is 14.4. The molecule has 0 atom stereocenters. The Labute approximate surface area is 123 Å². The highest BCUT2D eigenvalue weighted by atomic mass is 79.9. The Bertz CT molecular complexity index is 641. The van der Waals surface area contributed by atoms with Gasteiger partial charge < -0.3 is 10.2 Å². The van der Waals surface area contributed by atoms with Crippen LogP contribution in [0, 0.1) is 0 Å². The van der Waals surface area contributed by atoms with Gasteiger partial charge in [-0.05, 0) is 28.1 Å². The van der Waals surface area contributed by atoms with Gasteiger partial charge in [-0.3, -0.25) is 4.79 Å². The number of carbonyl (C=O) groups is 1. The molecule has 1 aliphatic rings. The third kappa shape index (κ3) is 2.15. The Morgan fingerprint density at radius 1 is 1.42 bits per heavy atom. The van der Waals surface area contributed by atoms with Gasteiger partial charge >= 0.3 is 0 Å². The SMILES string of the molecule is CNc1nc2c(s1)C(=O)N(c1ccccc1Br)CC2. The van der Waals surface area contributed by atoms with Gasteiger partial charge in [-0.25, -0.2) is 4.98 Å². The van der Waals surface area contributed by atoms with E-state index in [1.807, 2.05) is 36.2 Å². The minimum Gasteiger partial charge on any atom is -0.365 e. The maximum atomic E-state index is 12.5. The molecule has 0 saturated carbocycles. The lowest BCUT2D eigenvalue weighted by atomic mass is 10.1. The average molecular weight is 338 g/mol. The zero-order valence-electron chi connectivity index (χ0n) is 10.3. The molecule has 4 nitrogen and oxygen atoms in total. The fourth-order valence-electron chi connectivity index (χ4n) is 2.14. The van der Waals surface area contributed by atoms with E-state index in [2.05, 4.69) is 26.2 Å². The van der Waals surface area contributed by atoms with Crippen molar-refractivity contribution in [3.05, 3.63) is 39.3 Å². The molecular weight excluding hydrogens is 326 g/mol. The largest absolute Gasteiger partial charge is 0.365 e. The van der Waals surface area contributed by atoms with Crippen LogP contribution in [-0.4, -0.2) is 24.5 Å². The molecule has 19 heavy (non-hydrogen) atoms. The van der Waals surface area contributed by atoms with Gasteiger partial charge in [-0.1, -0.05) is 23.5 Å². The van der Waals surface area contributed by atoms with Crippen LogP contribution in [-0.2, 0) is 6.42 Å². The molecule has 1 aromatic carbocycles.